The van der Waals surface area contributed by atoms with E-state index in [-0.39, 0.29) is 35.5 Å². The van der Waals surface area contributed by atoms with Gasteiger partial charge in [0.05, 0.1) is 0 Å². The Balaban J connectivity index is 0.00000361. The average Bonchev–Trinajstić information content (AvgIpc) is 2.37. The maximum Gasteiger partial charge on any atom is 0.224 e. The topological polar surface area (TPSA) is 41.1 Å². The van der Waals surface area contributed by atoms with Gasteiger partial charge in [-0.1, -0.05) is 32.9 Å². The monoisotopic (exact) mass is 302 g/mol. The lowest BCUT2D eigenvalue weighted by atomic mass is 9.84. The highest BCUT2D eigenvalue weighted by atomic mass is 35.5. The van der Waals surface area contributed by atoms with E-state index >= 15 is 0 Å². The van der Waals surface area contributed by atoms with Gasteiger partial charge < -0.3 is 10.6 Å². The molecule has 1 aromatic rings. The molecule has 0 radical (unpaired) electrons. The molecule has 0 fully saturated rings. The standard InChI is InChI=1S/C15H23FN2O.ClH/c1-11(9-17-4)14(19)18-10-15(2,3)12-5-7-13(16)8-6-12;/h5-8,11,17H,9-10H2,1-4H3,(H,18,19);1H. The number of amides is 1. The first-order valence-corrected chi connectivity index (χ1v) is 6.55. The summed E-state index contributed by atoms with van der Waals surface area (Å²) < 4.78 is 12.9. The van der Waals surface area contributed by atoms with E-state index in [0.717, 1.165) is 5.56 Å². The third-order valence-corrected chi connectivity index (χ3v) is 3.29. The zero-order valence-corrected chi connectivity index (χ0v) is 13.3. The molecule has 0 saturated carbocycles. The summed E-state index contributed by atoms with van der Waals surface area (Å²) in [5, 5.41) is 5.93. The van der Waals surface area contributed by atoms with Crippen molar-refractivity contribution in [3.63, 3.8) is 0 Å². The number of rotatable bonds is 6. The van der Waals surface area contributed by atoms with Crippen LogP contribution in [0.25, 0.3) is 0 Å². The maximum atomic E-state index is 12.9. The van der Waals surface area contributed by atoms with Crippen LogP contribution in [0.2, 0.25) is 0 Å². The summed E-state index contributed by atoms with van der Waals surface area (Å²) in [5.74, 6) is -0.273. The fraction of sp³-hybridized carbons (Fsp3) is 0.533. The summed E-state index contributed by atoms with van der Waals surface area (Å²) >= 11 is 0. The fourth-order valence-corrected chi connectivity index (χ4v) is 1.88. The lowest BCUT2D eigenvalue weighted by Crippen LogP contribution is -2.41. The molecule has 1 unspecified atom stereocenters. The molecule has 1 amide bonds. The van der Waals surface area contributed by atoms with Gasteiger partial charge in [-0.3, -0.25) is 4.79 Å². The number of carbonyl (C=O) groups excluding carboxylic acids is 1. The molecule has 20 heavy (non-hydrogen) atoms. The summed E-state index contributed by atoms with van der Waals surface area (Å²) in [6, 6.07) is 6.42. The SMILES string of the molecule is CNCC(C)C(=O)NCC(C)(C)c1ccc(F)cc1.Cl. The van der Waals surface area contributed by atoms with Gasteiger partial charge in [0.25, 0.3) is 0 Å². The van der Waals surface area contributed by atoms with Crippen LogP contribution in [0.5, 0.6) is 0 Å². The van der Waals surface area contributed by atoms with Gasteiger partial charge in [-0.05, 0) is 24.7 Å². The Bertz CT molecular complexity index is 420. The van der Waals surface area contributed by atoms with Crippen molar-refractivity contribution in [3.05, 3.63) is 35.6 Å². The first-order chi connectivity index (χ1) is 8.86. The molecular weight excluding hydrogens is 279 g/mol. The lowest BCUT2D eigenvalue weighted by Gasteiger charge is -2.26. The Kier molecular flexibility index (Phi) is 7.76. The quantitative estimate of drug-likeness (QED) is 0.848. The Morgan fingerprint density at radius 1 is 1.30 bits per heavy atom. The predicted octanol–water partition coefficient (Wildman–Crippen LogP) is 2.50. The number of carbonyl (C=O) groups is 1. The number of hydrogen-bond donors (Lipinski definition) is 2. The molecule has 2 N–H and O–H groups in total. The zero-order chi connectivity index (χ0) is 14.5. The second kappa shape index (κ2) is 8.22. The van der Waals surface area contributed by atoms with Crippen molar-refractivity contribution in [1.29, 1.82) is 0 Å². The van der Waals surface area contributed by atoms with Gasteiger partial charge in [0, 0.05) is 24.4 Å². The van der Waals surface area contributed by atoms with Crippen molar-refractivity contribution in [2.24, 2.45) is 5.92 Å². The van der Waals surface area contributed by atoms with E-state index in [1.165, 1.54) is 12.1 Å². The molecular formula is C15H24ClFN2O. The number of hydrogen-bond acceptors (Lipinski definition) is 2. The van der Waals surface area contributed by atoms with Crippen LogP contribution in [0, 0.1) is 11.7 Å². The van der Waals surface area contributed by atoms with Crippen LogP contribution < -0.4 is 10.6 Å². The summed E-state index contributed by atoms with van der Waals surface area (Å²) in [5.41, 5.74) is 0.790. The molecule has 114 valence electrons. The van der Waals surface area contributed by atoms with Crippen LogP contribution in [0.3, 0.4) is 0 Å². The summed E-state index contributed by atoms with van der Waals surface area (Å²) in [7, 11) is 1.83. The van der Waals surface area contributed by atoms with Crippen LogP contribution in [0.4, 0.5) is 4.39 Å². The highest BCUT2D eigenvalue weighted by Crippen LogP contribution is 2.22. The molecule has 5 heteroatoms. The van der Waals surface area contributed by atoms with Gasteiger partial charge in [0.1, 0.15) is 5.82 Å². The molecule has 0 heterocycles. The van der Waals surface area contributed by atoms with Crippen LogP contribution in [-0.2, 0) is 10.2 Å². The van der Waals surface area contributed by atoms with Crippen molar-refractivity contribution < 1.29 is 9.18 Å². The van der Waals surface area contributed by atoms with Crippen molar-refractivity contribution in [2.75, 3.05) is 20.1 Å². The van der Waals surface area contributed by atoms with Gasteiger partial charge in [0.15, 0.2) is 0 Å². The fourth-order valence-electron chi connectivity index (χ4n) is 1.88. The van der Waals surface area contributed by atoms with E-state index in [1.54, 1.807) is 12.1 Å². The molecule has 0 aliphatic rings. The molecule has 0 spiro atoms. The van der Waals surface area contributed by atoms with Crippen molar-refractivity contribution >= 4 is 18.3 Å². The molecule has 0 aliphatic heterocycles. The van der Waals surface area contributed by atoms with E-state index < -0.39 is 0 Å². The van der Waals surface area contributed by atoms with Crippen LogP contribution in [0.1, 0.15) is 26.3 Å². The molecule has 0 aromatic heterocycles. The minimum absolute atomic E-state index is 0. The zero-order valence-electron chi connectivity index (χ0n) is 12.5. The average molecular weight is 303 g/mol. The van der Waals surface area contributed by atoms with E-state index in [1.807, 2.05) is 27.8 Å². The van der Waals surface area contributed by atoms with Gasteiger partial charge in [-0.2, -0.15) is 0 Å². The van der Waals surface area contributed by atoms with Crippen LogP contribution in [-0.4, -0.2) is 26.0 Å². The summed E-state index contributed by atoms with van der Waals surface area (Å²) in [6.45, 7) is 7.14. The first-order valence-electron chi connectivity index (χ1n) is 6.55. The minimum atomic E-state index is -0.244. The predicted molar refractivity (Wildman–Crippen MR) is 82.8 cm³/mol. The normalized spacial score (nSPS) is 12.4. The van der Waals surface area contributed by atoms with Crippen molar-refractivity contribution in [2.45, 2.75) is 26.2 Å². The Morgan fingerprint density at radius 2 is 1.85 bits per heavy atom. The number of nitrogens with one attached hydrogen (secondary N) is 2. The number of halogens is 2. The third-order valence-electron chi connectivity index (χ3n) is 3.29. The second-order valence-electron chi connectivity index (χ2n) is 5.57. The van der Waals surface area contributed by atoms with Gasteiger partial charge in [0.2, 0.25) is 5.91 Å². The second-order valence-corrected chi connectivity index (χ2v) is 5.57. The van der Waals surface area contributed by atoms with Crippen LogP contribution >= 0.6 is 12.4 Å². The van der Waals surface area contributed by atoms with Gasteiger partial charge in [-0.15, -0.1) is 12.4 Å². The lowest BCUT2D eigenvalue weighted by molar-refractivity contribution is -0.124. The van der Waals surface area contributed by atoms with E-state index in [9.17, 15) is 9.18 Å². The van der Waals surface area contributed by atoms with E-state index in [2.05, 4.69) is 10.6 Å². The minimum Gasteiger partial charge on any atom is -0.355 e. The molecule has 1 rings (SSSR count). The highest BCUT2D eigenvalue weighted by Gasteiger charge is 2.22. The molecule has 0 aliphatic carbocycles. The van der Waals surface area contributed by atoms with Crippen LogP contribution in [0.15, 0.2) is 24.3 Å². The van der Waals surface area contributed by atoms with E-state index in [0.29, 0.717) is 13.1 Å². The molecule has 3 nitrogen and oxygen atoms in total. The highest BCUT2D eigenvalue weighted by molar-refractivity contribution is 5.85. The van der Waals surface area contributed by atoms with E-state index in [4.69, 9.17) is 0 Å². The molecule has 0 bridgehead atoms. The molecule has 1 aromatic carbocycles. The molecule has 0 saturated heterocycles. The van der Waals surface area contributed by atoms with Crippen molar-refractivity contribution in [1.82, 2.24) is 10.6 Å². The Morgan fingerprint density at radius 3 is 2.35 bits per heavy atom. The first kappa shape index (κ1) is 18.9. The van der Waals surface area contributed by atoms with Crippen molar-refractivity contribution in [3.8, 4) is 0 Å². The smallest absolute Gasteiger partial charge is 0.224 e. The maximum absolute atomic E-state index is 12.9. The summed E-state index contributed by atoms with van der Waals surface area (Å²) in [4.78, 5) is 11.9. The Hall–Kier alpha value is -1.13. The third kappa shape index (κ3) is 5.47. The Labute approximate surface area is 126 Å². The van der Waals surface area contributed by atoms with Gasteiger partial charge in [-0.25, -0.2) is 4.39 Å². The molecule has 1 atom stereocenters. The van der Waals surface area contributed by atoms with Gasteiger partial charge >= 0.3 is 0 Å². The largest absolute Gasteiger partial charge is 0.355 e. The number of benzene rings is 1. The summed E-state index contributed by atoms with van der Waals surface area (Å²) in [6.07, 6.45) is 0.